The van der Waals surface area contributed by atoms with Crippen LogP contribution in [0.25, 0.3) is 38.7 Å². The largest absolute Gasteiger partial charge is 0.477 e. The third-order valence-electron chi connectivity index (χ3n) is 8.28. The number of hydrogen-bond donors (Lipinski definition) is 1. The summed E-state index contributed by atoms with van der Waals surface area (Å²) in [4.78, 5) is 13.5. The van der Waals surface area contributed by atoms with Crippen molar-refractivity contribution < 1.29 is 9.90 Å². The minimum Gasteiger partial charge on any atom is -0.477 e. The van der Waals surface area contributed by atoms with E-state index in [1.165, 1.54) is 6.08 Å². The first-order valence-corrected chi connectivity index (χ1v) is 15.5. The van der Waals surface area contributed by atoms with Gasteiger partial charge in [-0.3, -0.25) is 0 Å². The Hall–Kier alpha value is -6.88. The molecule has 0 spiro atoms. The van der Waals surface area contributed by atoms with Gasteiger partial charge in [-0.05, 0) is 92.8 Å². The summed E-state index contributed by atoms with van der Waals surface area (Å²) in [5.74, 6) is 5.52. The number of anilines is 3. The molecular weight excluding hydrogens is 588 g/mol. The van der Waals surface area contributed by atoms with E-state index in [9.17, 15) is 4.79 Å². The summed E-state index contributed by atoms with van der Waals surface area (Å²) < 4.78 is 0. The van der Waals surface area contributed by atoms with Crippen molar-refractivity contribution in [2.45, 2.75) is 0 Å². The van der Waals surface area contributed by atoms with E-state index >= 15 is 0 Å². The molecule has 7 rings (SSSR count). The highest BCUT2D eigenvalue weighted by Crippen LogP contribution is 2.41. The molecule has 7 aromatic rings. The molecule has 1 N–H and O–H groups in total. The summed E-state index contributed by atoms with van der Waals surface area (Å²) in [7, 11) is 0. The summed E-state index contributed by atoms with van der Waals surface area (Å²) >= 11 is 0. The standard InChI is InChI=1S/C44H28N2O2/c45-30-34(44(47)48)29-32-21-19-31(20-22-32)23-28-40-38-15-7-9-17-41(38)43(42-18-10-8-16-39(40)42)33-24-26-37(27-25-33)46(35-11-3-1-4-12-35)36-13-5-2-6-14-36/h1-22,24-27,29H,(H,47,48)/b34-29-. The van der Waals surface area contributed by atoms with Crippen LogP contribution in [-0.2, 0) is 4.79 Å². The normalized spacial score (nSPS) is 11.0. The van der Waals surface area contributed by atoms with E-state index < -0.39 is 5.97 Å². The molecule has 48 heavy (non-hydrogen) atoms. The maximum absolute atomic E-state index is 11.2. The van der Waals surface area contributed by atoms with Gasteiger partial charge in [-0.15, -0.1) is 0 Å². The number of hydrogen-bond acceptors (Lipinski definition) is 3. The lowest BCUT2D eigenvalue weighted by molar-refractivity contribution is -0.132. The van der Waals surface area contributed by atoms with Crippen molar-refractivity contribution in [1.29, 1.82) is 5.26 Å². The second-order valence-electron chi connectivity index (χ2n) is 11.2. The Balaban J connectivity index is 1.32. The first-order valence-electron chi connectivity index (χ1n) is 15.5. The van der Waals surface area contributed by atoms with Crippen LogP contribution in [0.3, 0.4) is 0 Å². The Morgan fingerprint density at radius 1 is 0.562 bits per heavy atom. The van der Waals surface area contributed by atoms with Gasteiger partial charge in [-0.1, -0.05) is 121 Å². The molecule has 0 heterocycles. The highest BCUT2D eigenvalue weighted by Gasteiger charge is 2.16. The van der Waals surface area contributed by atoms with Gasteiger partial charge in [0.2, 0.25) is 0 Å². The molecule has 0 bridgehead atoms. The van der Waals surface area contributed by atoms with Gasteiger partial charge < -0.3 is 10.0 Å². The number of fused-ring (bicyclic) bond motifs is 2. The van der Waals surface area contributed by atoms with Gasteiger partial charge in [-0.25, -0.2) is 4.79 Å². The Morgan fingerprint density at radius 3 is 1.54 bits per heavy atom. The van der Waals surface area contributed by atoms with Crippen LogP contribution in [0.15, 0.2) is 163 Å². The SMILES string of the molecule is N#C/C(=C/c1ccc(C#Cc2c3ccccc3c(-c3ccc(N(c4ccccc4)c4ccccc4)cc3)c3ccccc23)cc1)C(=O)O. The van der Waals surface area contributed by atoms with Crippen molar-refractivity contribution in [3.63, 3.8) is 0 Å². The van der Waals surface area contributed by atoms with E-state index in [2.05, 4.69) is 126 Å². The predicted molar refractivity (Wildman–Crippen MR) is 195 cm³/mol. The van der Waals surface area contributed by atoms with Crippen molar-refractivity contribution in [3.05, 3.63) is 180 Å². The molecular formula is C44H28N2O2. The summed E-state index contributed by atoms with van der Waals surface area (Å²) in [6, 6.07) is 55.3. The number of rotatable bonds is 6. The minimum atomic E-state index is -1.25. The smallest absolute Gasteiger partial charge is 0.346 e. The second-order valence-corrected chi connectivity index (χ2v) is 11.2. The molecule has 7 aromatic carbocycles. The fourth-order valence-corrected chi connectivity index (χ4v) is 6.06. The van der Waals surface area contributed by atoms with E-state index in [1.54, 1.807) is 18.2 Å². The van der Waals surface area contributed by atoms with Crippen molar-refractivity contribution in [2.75, 3.05) is 4.90 Å². The molecule has 4 nitrogen and oxygen atoms in total. The zero-order chi connectivity index (χ0) is 32.9. The molecule has 0 amide bonds. The zero-order valence-electron chi connectivity index (χ0n) is 25.8. The topological polar surface area (TPSA) is 64.3 Å². The number of nitrogens with zero attached hydrogens (tertiary/aromatic N) is 2. The first-order chi connectivity index (χ1) is 23.6. The van der Waals surface area contributed by atoms with Gasteiger partial charge in [0, 0.05) is 28.2 Å². The van der Waals surface area contributed by atoms with E-state index in [0.29, 0.717) is 5.56 Å². The lowest BCUT2D eigenvalue weighted by Crippen LogP contribution is -2.09. The number of carboxylic acid groups (broad SMARTS) is 1. The number of nitriles is 1. The monoisotopic (exact) mass is 616 g/mol. The van der Waals surface area contributed by atoms with E-state index in [4.69, 9.17) is 10.4 Å². The van der Waals surface area contributed by atoms with Crippen LogP contribution in [0.2, 0.25) is 0 Å². The van der Waals surface area contributed by atoms with Crippen molar-refractivity contribution >= 4 is 50.7 Å². The van der Waals surface area contributed by atoms with Crippen molar-refractivity contribution in [1.82, 2.24) is 0 Å². The van der Waals surface area contributed by atoms with Crippen molar-refractivity contribution in [2.24, 2.45) is 0 Å². The Bertz CT molecular complexity index is 2320. The maximum atomic E-state index is 11.2. The molecule has 0 aliphatic heterocycles. The molecule has 0 unspecified atom stereocenters. The van der Waals surface area contributed by atoms with E-state index in [1.807, 2.05) is 36.4 Å². The molecule has 0 saturated heterocycles. The molecule has 4 heteroatoms. The molecule has 0 aliphatic carbocycles. The summed E-state index contributed by atoms with van der Waals surface area (Å²) in [5.41, 5.74) is 7.58. The van der Waals surface area contributed by atoms with E-state index in [-0.39, 0.29) is 5.57 Å². The zero-order valence-corrected chi connectivity index (χ0v) is 25.8. The van der Waals surface area contributed by atoms with Crippen LogP contribution < -0.4 is 4.90 Å². The molecule has 226 valence electrons. The second kappa shape index (κ2) is 13.2. The Labute approximate surface area is 279 Å². The molecule has 0 radical (unpaired) electrons. The average Bonchev–Trinajstić information content (AvgIpc) is 3.14. The van der Waals surface area contributed by atoms with Gasteiger partial charge in [0.25, 0.3) is 0 Å². The number of carbonyl (C=O) groups is 1. The average molecular weight is 617 g/mol. The quantitative estimate of drug-likeness (QED) is 0.0874. The fraction of sp³-hybridized carbons (Fsp3) is 0. The van der Waals surface area contributed by atoms with Crippen molar-refractivity contribution in [3.8, 4) is 29.0 Å². The lowest BCUT2D eigenvalue weighted by Gasteiger charge is -2.25. The van der Waals surface area contributed by atoms with Gasteiger partial charge in [0.15, 0.2) is 0 Å². The molecule has 0 atom stereocenters. The highest BCUT2D eigenvalue weighted by molar-refractivity contribution is 6.16. The predicted octanol–water partition coefficient (Wildman–Crippen LogP) is 10.5. The van der Waals surface area contributed by atoms with Gasteiger partial charge in [-0.2, -0.15) is 5.26 Å². The van der Waals surface area contributed by atoms with Gasteiger partial charge >= 0.3 is 5.97 Å². The van der Waals surface area contributed by atoms with Crippen LogP contribution in [-0.4, -0.2) is 11.1 Å². The van der Waals surface area contributed by atoms with Crippen LogP contribution in [0.1, 0.15) is 16.7 Å². The molecule has 0 aliphatic rings. The van der Waals surface area contributed by atoms with Crippen LogP contribution in [0.4, 0.5) is 17.1 Å². The highest BCUT2D eigenvalue weighted by atomic mass is 16.4. The molecule has 0 fully saturated rings. The number of carboxylic acids is 1. The number of para-hydroxylation sites is 2. The molecule has 0 saturated carbocycles. The third-order valence-corrected chi connectivity index (χ3v) is 8.28. The summed E-state index contributed by atoms with van der Waals surface area (Å²) in [6.07, 6.45) is 1.35. The van der Waals surface area contributed by atoms with E-state index in [0.717, 1.165) is 60.9 Å². The van der Waals surface area contributed by atoms with Gasteiger partial charge in [0.05, 0.1) is 0 Å². The Morgan fingerprint density at radius 2 is 1.04 bits per heavy atom. The number of aliphatic carboxylic acids is 1. The number of benzene rings is 7. The Kier molecular flexibility index (Phi) is 8.22. The van der Waals surface area contributed by atoms with Crippen LogP contribution in [0.5, 0.6) is 0 Å². The lowest BCUT2D eigenvalue weighted by atomic mass is 9.88. The van der Waals surface area contributed by atoms with Crippen LogP contribution >= 0.6 is 0 Å². The summed E-state index contributed by atoms with van der Waals surface area (Å²) in [5, 5.41) is 22.6. The third kappa shape index (κ3) is 5.90. The maximum Gasteiger partial charge on any atom is 0.346 e. The minimum absolute atomic E-state index is 0.314. The molecule has 0 aromatic heterocycles. The van der Waals surface area contributed by atoms with Crippen LogP contribution in [0, 0.1) is 23.2 Å². The van der Waals surface area contributed by atoms with Gasteiger partial charge in [0.1, 0.15) is 11.6 Å². The fourth-order valence-electron chi connectivity index (χ4n) is 6.06. The summed E-state index contributed by atoms with van der Waals surface area (Å²) in [6.45, 7) is 0. The first kappa shape index (κ1) is 29.8.